The van der Waals surface area contributed by atoms with Gasteiger partial charge in [0.15, 0.2) is 11.5 Å². The minimum Gasteiger partial charge on any atom is -0.454 e. The van der Waals surface area contributed by atoms with Gasteiger partial charge < -0.3 is 19.7 Å². The monoisotopic (exact) mass is 338 g/mol. The molecule has 0 aromatic heterocycles. The number of carbonyl (C=O) groups excluding carboxylic acids is 1. The average Bonchev–Trinajstić information content (AvgIpc) is 3.28. The van der Waals surface area contributed by atoms with Crippen LogP contribution < -0.4 is 19.7 Å². The summed E-state index contributed by atoms with van der Waals surface area (Å²) in [7, 11) is 0. The Morgan fingerprint density at radius 1 is 1.16 bits per heavy atom. The van der Waals surface area contributed by atoms with Crippen molar-refractivity contribution in [3.05, 3.63) is 53.6 Å². The van der Waals surface area contributed by atoms with E-state index in [0.29, 0.717) is 19.8 Å². The molecule has 2 aromatic rings. The van der Waals surface area contributed by atoms with E-state index in [2.05, 4.69) is 30.4 Å². The molecule has 0 spiro atoms. The molecule has 5 nitrogen and oxygen atoms in total. The number of benzene rings is 2. The molecule has 1 saturated heterocycles. The van der Waals surface area contributed by atoms with Gasteiger partial charge in [0.2, 0.25) is 12.7 Å². The molecule has 2 aromatic carbocycles. The molecule has 1 fully saturated rings. The van der Waals surface area contributed by atoms with E-state index in [1.807, 2.05) is 29.2 Å². The molecule has 0 bridgehead atoms. The van der Waals surface area contributed by atoms with Gasteiger partial charge in [0, 0.05) is 36.8 Å². The van der Waals surface area contributed by atoms with Crippen molar-refractivity contribution >= 4 is 11.6 Å². The van der Waals surface area contributed by atoms with Crippen LogP contribution >= 0.6 is 0 Å². The van der Waals surface area contributed by atoms with Crippen molar-refractivity contribution in [1.29, 1.82) is 0 Å². The Balaban J connectivity index is 1.41. The highest BCUT2D eigenvalue weighted by atomic mass is 16.7. The van der Waals surface area contributed by atoms with Crippen LogP contribution in [0.15, 0.2) is 42.5 Å². The molecule has 0 aliphatic carbocycles. The van der Waals surface area contributed by atoms with Crippen LogP contribution in [-0.2, 0) is 11.3 Å². The van der Waals surface area contributed by atoms with Crippen LogP contribution in [0.4, 0.5) is 5.69 Å². The smallest absolute Gasteiger partial charge is 0.231 e. The zero-order valence-corrected chi connectivity index (χ0v) is 14.3. The highest BCUT2D eigenvalue weighted by Gasteiger charge is 2.22. The van der Waals surface area contributed by atoms with Gasteiger partial charge >= 0.3 is 0 Å². The molecule has 2 aliphatic heterocycles. The zero-order valence-electron chi connectivity index (χ0n) is 14.3. The summed E-state index contributed by atoms with van der Waals surface area (Å²) in [6, 6.07) is 14.4. The SMILES string of the molecule is C[C@@H](NCc1cccc2c1OCO2)c1ccc(N2CCCC2=O)cc1. The minimum absolute atomic E-state index is 0.196. The van der Waals surface area contributed by atoms with Gasteiger partial charge in [-0.15, -0.1) is 0 Å². The lowest BCUT2D eigenvalue weighted by Crippen LogP contribution is -2.23. The molecule has 5 heteroatoms. The van der Waals surface area contributed by atoms with E-state index in [-0.39, 0.29) is 11.9 Å². The third-order valence-electron chi connectivity index (χ3n) is 4.86. The summed E-state index contributed by atoms with van der Waals surface area (Å²) < 4.78 is 11.0. The number of nitrogens with one attached hydrogen (secondary N) is 1. The third kappa shape index (κ3) is 3.20. The molecule has 1 atom stereocenters. The Morgan fingerprint density at radius 3 is 2.76 bits per heavy atom. The van der Waals surface area contributed by atoms with Gasteiger partial charge in [-0.2, -0.15) is 0 Å². The highest BCUT2D eigenvalue weighted by molar-refractivity contribution is 5.95. The minimum atomic E-state index is 0.196. The van der Waals surface area contributed by atoms with E-state index in [4.69, 9.17) is 9.47 Å². The molecule has 2 aliphatic rings. The van der Waals surface area contributed by atoms with Crippen molar-refractivity contribution in [3.63, 3.8) is 0 Å². The summed E-state index contributed by atoms with van der Waals surface area (Å²) in [5.74, 6) is 1.87. The lowest BCUT2D eigenvalue weighted by Gasteiger charge is -2.18. The van der Waals surface area contributed by atoms with Gasteiger partial charge in [-0.1, -0.05) is 24.3 Å². The number of carbonyl (C=O) groups is 1. The van der Waals surface area contributed by atoms with Crippen molar-refractivity contribution in [2.75, 3.05) is 18.2 Å². The van der Waals surface area contributed by atoms with Crippen molar-refractivity contribution in [2.45, 2.75) is 32.4 Å². The number of anilines is 1. The standard InChI is InChI=1S/C20H22N2O3/c1-14(21-12-16-4-2-5-18-20(16)25-13-24-18)15-7-9-17(10-8-15)22-11-3-6-19(22)23/h2,4-5,7-10,14,21H,3,6,11-13H2,1H3/t14-/m1/s1. The van der Waals surface area contributed by atoms with Crippen molar-refractivity contribution in [2.24, 2.45) is 0 Å². The number of para-hydroxylation sites is 1. The van der Waals surface area contributed by atoms with Gasteiger partial charge in [-0.3, -0.25) is 4.79 Å². The quantitative estimate of drug-likeness (QED) is 0.908. The zero-order chi connectivity index (χ0) is 17.2. The topological polar surface area (TPSA) is 50.8 Å². The predicted molar refractivity (Wildman–Crippen MR) is 95.8 cm³/mol. The van der Waals surface area contributed by atoms with Crippen molar-refractivity contribution in [1.82, 2.24) is 5.32 Å². The second kappa shape index (κ2) is 6.76. The summed E-state index contributed by atoms with van der Waals surface area (Å²) in [5, 5.41) is 3.53. The number of nitrogens with zero attached hydrogens (tertiary/aromatic N) is 1. The number of rotatable bonds is 5. The van der Waals surface area contributed by atoms with Crippen molar-refractivity contribution in [3.8, 4) is 11.5 Å². The van der Waals surface area contributed by atoms with E-state index in [0.717, 1.165) is 35.7 Å². The Bertz CT molecular complexity index is 773. The molecule has 25 heavy (non-hydrogen) atoms. The fourth-order valence-electron chi connectivity index (χ4n) is 3.37. The first-order chi connectivity index (χ1) is 12.2. The average molecular weight is 338 g/mol. The van der Waals surface area contributed by atoms with E-state index >= 15 is 0 Å². The fraction of sp³-hybridized carbons (Fsp3) is 0.350. The van der Waals surface area contributed by atoms with E-state index in [1.165, 1.54) is 5.56 Å². The van der Waals surface area contributed by atoms with Crippen LogP contribution in [0.5, 0.6) is 11.5 Å². The first-order valence-electron chi connectivity index (χ1n) is 8.73. The maximum absolute atomic E-state index is 11.8. The number of amides is 1. The second-order valence-electron chi connectivity index (χ2n) is 6.49. The van der Waals surface area contributed by atoms with Crippen LogP contribution in [0, 0.1) is 0 Å². The summed E-state index contributed by atoms with van der Waals surface area (Å²) in [4.78, 5) is 13.7. The number of fused-ring (bicyclic) bond motifs is 1. The molecule has 0 unspecified atom stereocenters. The second-order valence-corrected chi connectivity index (χ2v) is 6.49. The van der Waals surface area contributed by atoms with Crippen LogP contribution in [-0.4, -0.2) is 19.2 Å². The molecular weight excluding hydrogens is 316 g/mol. The van der Waals surface area contributed by atoms with Crippen LogP contribution in [0.3, 0.4) is 0 Å². The summed E-state index contributed by atoms with van der Waals surface area (Å²) >= 11 is 0. The van der Waals surface area contributed by atoms with Crippen LogP contribution in [0.25, 0.3) is 0 Å². The molecule has 0 radical (unpaired) electrons. The first-order valence-corrected chi connectivity index (χ1v) is 8.73. The molecular formula is C20H22N2O3. The van der Waals surface area contributed by atoms with Gasteiger partial charge in [0.25, 0.3) is 0 Å². The summed E-state index contributed by atoms with van der Waals surface area (Å²) in [6.45, 7) is 3.96. The van der Waals surface area contributed by atoms with Crippen LogP contribution in [0.1, 0.15) is 36.9 Å². The molecule has 1 amide bonds. The molecule has 2 heterocycles. The normalized spacial score (nSPS) is 17.2. The van der Waals surface area contributed by atoms with E-state index in [9.17, 15) is 4.79 Å². The van der Waals surface area contributed by atoms with E-state index in [1.54, 1.807) is 0 Å². The van der Waals surface area contributed by atoms with E-state index < -0.39 is 0 Å². The Kier molecular flexibility index (Phi) is 4.32. The van der Waals surface area contributed by atoms with Crippen LogP contribution in [0.2, 0.25) is 0 Å². The Labute approximate surface area is 147 Å². The molecule has 1 N–H and O–H groups in total. The lowest BCUT2D eigenvalue weighted by molar-refractivity contribution is -0.117. The molecule has 0 saturated carbocycles. The predicted octanol–water partition coefficient (Wildman–Crippen LogP) is 3.39. The lowest BCUT2D eigenvalue weighted by atomic mass is 10.1. The number of ether oxygens (including phenoxy) is 2. The van der Waals surface area contributed by atoms with Crippen molar-refractivity contribution < 1.29 is 14.3 Å². The largest absolute Gasteiger partial charge is 0.454 e. The summed E-state index contributed by atoms with van der Waals surface area (Å²) in [5.41, 5.74) is 3.28. The first kappa shape index (κ1) is 16.0. The van der Waals surface area contributed by atoms with Gasteiger partial charge in [-0.05, 0) is 37.1 Å². The van der Waals surface area contributed by atoms with Gasteiger partial charge in [-0.25, -0.2) is 0 Å². The number of hydrogen-bond acceptors (Lipinski definition) is 4. The third-order valence-corrected chi connectivity index (χ3v) is 4.86. The fourth-order valence-corrected chi connectivity index (χ4v) is 3.37. The summed E-state index contributed by atoms with van der Waals surface area (Å²) in [6.07, 6.45) is 1.61. The molecule has 4 rings (SSSR count). The number of hydrogen-bond donors (Lipinski definition) is 1. The van der Waals surface area contributed by atoms with Gasteiger partial charge in [0.1, 0.15) is 0 Å². The molecule has 130 valence electrons. The maximum Gasteiger partial charge on any atom is 0.231 e. The Morgan fingerprint density at radius 2 is 2.00 bits per heavy atom. The van der Waals surface area contributed by atoms with Gasteiger partial charge in [0.05, 0.1) is 0 Å². The highest BCUT2D eigenvalue weighted by Crippen LogP contribution is 2.35. The maximum atomic E-state index is 11.8. The Hall–Kier alpha value is -2.53.